The maximum Gasteiger partial charge on any atom is 0.274 e. The molecule has 1 saturated carbocycles. The van der Waals surface area contributed by atoms with Crippen LogP contribution in [0.4, 0.5) is 0 Å². The highest BCUT2D eigenvalue weighted by Gasteiger charge is 2.40. The second-order valence-electron chi connectivity index (χ2n) is 7.07. The van der Waals surface area contributed by atoms with E-state index in [1.807, 2.05) is 44.2 Å². The lowest BCUT2D eigenvalue weighted by molar-refractivity contribution is 0.0944. The Labute approximate surface area is 151 Å². The second-order valence-corrected chi connectivity index (χ2v) is 7.07. The van der Waals surface area contributed by atoms with E-state index in [0.717, 1.165) is 6.42 Å². The molecule has 4 rings (SSSR count). The number of amides is 1. The molecular weight excluding hydrogens is 326 g/mol. The number of nitrogens with one attached hydrogen (secondary N) is 1. The van der Waals surface area contributed by atoms with Gasteiger partial charge in [-0.25, -0.2) is 4.68 Å². The van der Waals surface area contributed by atoms with E-state index in [4.69, 9.17) is 0 Å². The van der Waals surface area contributed by atoms with Gasteiger partial charge in [-0.15, -0.1) is 0 Å². The lowest BCUT2D eigenvalue weighted by atomic mass is 10.1. The van der Waals surface area contributed by atoms with Gasteiger partial charge in [0.1, 0.15) is 0 Å². The van der Waals surface area contributed by atoms with E-state index < -0.39 is 0 Å². The molecule has 132 valence electrons. The summed E-state index contributed by atoms with van der Waals surface area (Å²) in [4.78, 5) is 25.5. The van der Waals surface area contributed by atoms with Crippen LogP contribution in [0.3, 0.4) is 0 Å². The first-order chi connectivity index (χ1) is 12.6. The normalized spacial score (nSPS) is 18.9. The summed E-state index contributed by atoms with van der Waals surface area (Å²) in [7, 11) is 0. The molecule has 1 aliphatic rings. The molecule has 0 bridgehead atoms. The molecule has 5 nitrogen and oxygen atoms in total. The van der Waals surface area contributed by atoms with Crippen LogP contribution in [0.15, 0.2) is 59.4 Å². The van der Waals surface area contributed by atoms with Crippen molar-refractivity contribution in [3.63, 3.8) is 0 Å². The summed E-state index contributed by atoms with van der Waals surface area (Å²) in [5, 5.41) is 8.58. The quantitative estimate of drug-likeness (QED) is 0.788. The van der Waals surface area contributed by atoms with Crippen LogP contribution in [0.1, 0.15) is 48.3 Å². The van der Waals surface area contributed by atoms with Crippen LogP contribution in [0.25, 0.3) is 10.8 Å². The Balaban J connectivity index is 1.65. The topological polar surface area (TPSA) is 64.0 Å². The van der Waals surface area contributed by atoms with E-state index in [0.29, 0.717) is 22.4 Å². The molecule has 2 atom stereocenters. The molecule has 1 amide bonds. The molecule has 5 heteroatoms. The molecule has 1 aromatic heterocycles. The lowest BCUT2D eigenvalue weighted by Crippen LogP contribution is -2.32. The molecule has 1 N–H and O–H groups in total. The summed E-state index contributed by atoms with van der Waals surface area (Å²) in [5.74, 6) is 0.126. The van der Waals surface area contributed by atoms with Crippen molar-refractivity contribution in [1.82, 2.24) is 15.1 Å². The van der Waals surface area contributed by atoms with Crippen molar-refractivity contribution >= 4 is 16.7 Å². The molecule has 1 aliphatic carbocycles. The SMILES string of the molecule is CC(C)n1nc(C(=O)N[C@H]2C[C@@H]2c2ccccc2)c2ccccc2c1=O. The summed E-state index contributed by atoms with van der Waals surface area (Å²) in [6.45, 7) is 3.77. The number of aromatic nitrogens is 2. The number of nitrogens with zero attached hydrogens (tertiary/aromatic N) is 2. The molecule has 26 heavy (non-hydrogen) atoms. The van der Waals surface area contributed by atoms with Crippen LogP contribution in [-0.2, 0) is 0 Å². The Morgan fingerprint density at radius 3 is 2.42 bits per heavy atom. The molecule has 1 fully saturated rings. The van der Waals surface area contributed by atoms with Gasteiger partial charge in [-0.2, -0.15) is 5.10 Å². The van der Waals surface area contributed by atoms with E-state index >= 15 is 0 Å². The molecule has 0 aliphatic heterocycles. The predicted molar refractivity (Wildman–Crippen MR) is 101 cm³/mol. The van der Waals surface area contributed by atoms with Crippen molar-refractivity contribution in [3.8, 4) is 0 Å². The van der Waals surface area contributed by atoms with Gasteiger partial charge in [-0.1, -0.05) is 48.5 Å². The van der Waals surface area contributed by atoms with Gasteiger partial charge in [0.25, 0.3) is 11.5 Å². The van der Waals surface area contributed by atoms with Gasteiger partial charge in [0.05, 0.1) is 11.4 Å². The van der Waals surface area contributed by atoms with Gasteiger partial charge in [0, 0.05) is 17.3 Å². The number of carbonyl (C=O) groups excluding carboxylic acids is 1. The molecular formula is C21H21N3O2. The van der Waals surface area contributed by atoms with Crippen LogP contribution in [0.2, 0.25) is 0 Å². The summed E-state index contributed by atoms with van der Waals surface area (Å²) in [6, 6.07) is 17.4. The van der Waals surface area contributed by atoms with Gasteiger partial charge in [0.2, 0.25) is 0 Å². The standard InChI is InChI=1S/C21H21N3O2/c1-13(2)24-21(26)16-11-7-6-10-15(16)19(23-24)20(25)22-18-12-17(18)14-8-4-3-5-9-14/h3-11,13,17-18H,12H2,1-2H3,(H,22,25)/t17-,18+/m1/s1. The largest absolute Gasteiger partial charge is 0.347 e. The van der Waals surface area contributed by atoms with Crippen LogP contribution in [0, 0.1) is 0 Å². The summed E-state index contributed by atoms with van der Waals surface area (Å²) in [6.07, 6.45) is 0.928. The van der Waals surface area contributed by atoms with E-state index in [-0.39, 0.29) is 23.6 Å². The van der Waals surface area contributed by atoms with Gasteiger partial charge in [0.15, 0.2) is 5.69 Å². The highest BCUT2D eigenvalue weighted by atomic mass is 16.2. The predicted octanol–water partition coefficient (Wildman–Crippen LogP) is 3.26. The number of hydrogen-bond donors (Lipinski definition) is 1. The van der Waals surface area contributed by atoms with Crippen molar-refractivity contribution in [2.75, 3.05) is 0 Å². The highest BCUT2D eigenvalue weighted by molar-refractivity contribution is 6.05. The fourth-order valence-corrected chi connectivity index (χ4v) is 3.38. The fourth-order valence-electron chi connectivity index (χ4n) is 3.38. The minimum Gasteiger partial charge on any atom is -0.347 e. The third-order valence-corrected chi connectivity index (χ3v) is 4.87. The zero-order chi connectivity index (χ0) is 18.3. The molecule has 0 radical (unpaired) electrons. The van der Waals surface area contributed by atoms with Crippen molar-refractivity contribution in [2.45, 2.75) is 38.3 Å². The number of carbonyl (C=O) groups is 1. The summed E-state index contributed by atoms with van der Waals surface area (Å²) in [5.41, 5.74) is 1.39. The van der Waals surface area contributed by atoms with Crippen molar-refractivity contribution in [1.29, 1.82) is 0 Å². The van der Waals surface area contributed by atoms with Gasteiger partial charge >= 0.3 is 0 Å². The minimum atomic E-state index is -0.223. The monoisotopic (exact) mass is 347 g/mol. The van der Waals surface area contributed by atoms with E-state index in [2.05, 4.69) is 22.5 Å². The molecule has 3 aromatic rings. The van der Waals surface area contributed by atoms with Crippen LogP contribution in [0.5, 0.6) is 0 Å². The Hall–Kier alpha value is -2.95. The van der Waals surface area contributed by atoms with Crippen LogP contribution in [-0.4, -0.2) is 21.7 Å². The molecule has 0 saturated heterocycles. The lowest BCUT2D eigenvalue weighted by Gasteiger charge is -2.13. The third-order valence-electron chi connectivity index (χ3n) is 4.87. The maximum absolute atomic E-state index is 12.9. The van der Waals surface area contributed by atoms with Gasteiger partial charge in [-0.3, -0.25) is 9.59 Å². The van der Waals surface area contributed by atoms with Crippen molar-refractivity contribution in [2.24, 2.45) is 0 Å². The van der Waals surface area contributed by atoms with Gasteiger partial charge < -0.3 is 5.32 Å². The Morgan fingerprint density at radius 2 is 1.73 bits per heavy atom. The molecule has 1 heterocycles. The first kappa shape index (κ1) is 16.5. The average Bonchev–Trinajstić information content (AvgIpc) is 3.41. The Bertz CT molecular complexity index is 1020. The summed E-state index contributed by atoms with van der Waals surface area (Å²) < 4.78 is 1.39. The molecule has 2 aromatic carbocycles. The fraction of sp³-hybridized carbons (Fsp3) is 0.286. The smallest absolute Gasteiger partial charge is 0.274 e. The zero-order valence-corrected chi connectivity index (χ0v) is 14.8. The Morgan fingerprint density at radius 1 is 1.08 bits per heavy atom. The number of benzene rings is 2. The van der Waals surface area contributed by atoms with E-state index in [1.165, 1.54) is 10.2 Å². The maximum atomic E-state index is 12.9. The Kier molecular flexibility index (Phi) is 4.07. The van der Waals surface area contributed by atoms with E-state index in [1.54, 1.807) is 12.1 Å². The van der Waals surface area contributed by atoms with Crippen LogP contribution >= 0.6 is 0 Å². The average molecular weight is 347 g/mol. The van der Waals surface area contributed by atoms with Gasteiger partial charge in [-0.05, 0) is 31.9 Å². The molecule has 0 unspecified atom stereocenters. The first-order valence-electron chi connectivity index (χ1n) is 8.93. The minimum absolute atomic E-state index is 0.114. The third kappa shape index (κ3) is 2.90. The van der Waals surface area contributed by atoms with Crippen LogP contribution < -0.4 is 10.9 Å². The number of hydrogen-bond acceptors (Lipinski definition) is 3. The second kappa shape index (κ2) is 6.41. The van der Waals surface area contributed by atoms with Crippen molar-refractivity contribution in [3.05, 3.63) is 76.2 Å². The molecule has 0 spiro atoms. The first-order valence-corrected chi connectivity index (χ1v) is 8.93. The van der Waals surface area contributed by atoms with E-state index in [9.17, 15) is 9.59 Å². The number of rotatable bonds is 4. The zero-order valence-electron chi connectivity index (χ0n) is 14.8. The van der Waals surface area contributed by atoms with Crippen molar-refractivity contribution < 1.29 is 4.79 Å². The summed E-state index contributed by atoms with van der Waals surface area (Å²) >= 11 is 0. The number of fused-ring (bicyclic) bond motifs is 1. The highest BCUT2D eigenvalue weighted by Crippen LogP contribution is 2.40.